The van der Waals surface area contributed by atoms with Gasteiger partial charge < -0.3 is 5.32 Å². The second-order valence-electron chi connectivity index (χ2n) is 4.30. The lowest BCUT2D eigenvalue weighted by atomic mass is 10.00. The van der Waals surface area contributed by atoms with Gasteiger partial charge in [0.2, 0.25) is 0 Å². The Kier molecular flexibility index (Phi) is 2.49. The Morgan fingerprint density at radius 2 is 1.56 bits per heavy atom. The van der Waals surface area contributed by atoms with Crippen LogP contribution in [0.5, 0.6) is 0 Å². The molecule has 3 rings (SSSR count). The first-order valence-corrected chi connectivity index (χ1v) is 5.93. The molecule has 0 radical (unpaired) electrons. The Bertz CT molecular complexity index is 746. The Labute approximate surface area is 105 Å². The van der Waals surface area contributed by atoms with Crippen molar-refractivity contribution >= 4 is 27.5 Å². The fraction of sp³-hybridized carbons (Fsp3) is 0.0625. The first-order chi connectivity index (χ1) is 8.79. The Morgan fingerprint density at radius 1 is 0.889 bits per heavy atom. The van der Waals surface area contributed by atoms with Gasteiger partial charge in [-0.15, -0.1) is 0 Å². The van der Waals surface area contributed by atoms with Crippen molar-refractivity contribution in [2.45, 2.75) is 0 Å². The third-order valence-electron chi connectivity index (χ3n) is 3.24. The van der Waals surface area contributed by atoms with Gasteiger partial charge in [0.25, 0.3) is 5.91 Å². The third kappa shape index (κ3) is 1.63. The SMILES string of the molecule is CNC(=O)c1ccc2ccc3ccccc3c2c1. The maximum atomic E-state index is 11.7. The fourth-order valence-electron chi connectivity index (χ4n) is 2.29. The Hall–Kier alpha value is -2.35. The van der Waals surface area contributed by atoms with E-state index in [1.807, 2.05) is 30.3 Å². The summed E-state index contributed by atoms with van der Waals surface area (Å²) in [5, 5.41) is 7.30. The van der Waals surface area contributed by atoms with Crippen LogP contribution in [-0.2, 0) is 0 Å². The standard InChI is InChI=1S/C16H13NO/c1-17-16(18)13-9-8-12-7-6-11-4-2-3-5-14(11)15(12)10-13/h2-10H,1H3,(H,17,18). The van der Waals surface area contributed by atoms with E-state index in [9.17, 15) is 4.79 Å². The molecule has 0 aromatic heterocycles. The number of hydrogen-bond acceptors (Lipinski definition) is 1. The molecule has 2 heteroatoms. The molecule has 0 saturated carbocycles. The number of carbonyl (C=O) groups excluding carboxylic acids is 1. The van der Waals surface area contributed by atoms with Crippen LogP contribution in [0, 0.1) is 0 Å². The van der Waals surface area contributed by atoms with E-state index < -0.39 is 0 Å². The van der Waals surface area contributed by atoms with E-state index >= 15 is 0 Å². The summed E-state index contributed by atoms with van der Waals surface area (Å²) in [5.41, 5.74) is 0.696. The van der Waals surface area contributed by atoms with Crippen molar-refractivity contribution in [3.63, 3.8) is 0 Å². The van der Waals surface area contributed by atoms with Crippen LogP contribution in [0.2, 0.25) is 0 Å². The molecular weight excluding hydrogens is 222 g/mol. The zero-order valence-corrected chi connectivity index (χ0v) is 10.1. The Morgan fingerprint density at radius 3 is 2.33 bits per heavy atom. The first-order valence-electron chi connectivity index (χ1n) is 5.93. The lowest BCUT2D eigenvalue weighted by molar-refractivity contribution is 0.0963. The lowest BCUT2D eigenvalue weighted by Gasteiger charge is -2.06. The fourth-order valence-corrected chi connectivity index (χ4v) is 2.29. The minimum absolute atomic E-state index is 0.0511. The van der Waals surface area contributed by atoms with Crippen molar-refractivity contribution in [2.24, 2.45) is 0 Å². The number of nitrogens with one attached hydrogen (secondary N) is 1. The zero-order valence-electron chi connectivity index (χ0n) is 10.1. The Balaban J connectivity index is 2.36. The van der Waals surface area contributed by atoms with Gasteiger partial charge in [-0.2, -0.15) is 0 Å². The molecule has 3 aromatic rings. The maximum absolute atomic E-state index is 11.7. The molecule has 0 heterocycles. The second-order valence-corrected chi connectivity index (χ2v) is 4.30. The van der Waals surface area contributed by atoms with Crippen molar-refractivity contribution in [3.05, 3.63) is 60.2 Å². The molecule has 0 atom stereocenters. The zero-order chi connectivity index (χ0) is 12.5. The molecule has 88 valence electrons. The highest BCUT2D eigenvalue weighted by Crippen LogP contribution is 2.26. The average molecular weight is 235 g/mol. The molecule has 0 bridgehead atoms. The second kappa shape index (κ2) is 4.15. The highest BCUT2D eigenvalue weighted by Gasteiger charge is 2.05. The maximum Gasteiger partial charge on any atom is 0.251 e. The summed E-state index contributed by atoms with van der Waals surface area (Å²) in [6, 6.07) is 18.2. The lowest BCUT2D eigenvalue weighted by Crippen LogP contribution is -2.17. The van der Waals surface area contributed by atoms with E-state index in [1.54, 1.807) is 7.05 Å². The summed E-state index contributed by atoms with van der Waals surface area (Å²) in [5.74, 6) is -0.0511. The minimum Gasteiger partial charge on any atom is -0.355 e. The van der Waals surface area contributed by atoms with Gasteiger partial charge >= 0.3 is 0 Å². The van der Waals surface area contributed by atoms with Gasteiger partial charge in [0, 0.05) is 12.6 Å². The molecule has 0 saturated heterocycles. The van der Waals surface area contributed by atoms with Gasteiger partial charge in [0.15, 0.2) is 0 Å². The molecule has 0 aliphatic carbocycles. The van der Waals surface area contributed by atoms with E-state index in [0.29, 0.717) is 5.56 Å². The molecule has 18 heavy (non-hydrogen) atoms. The third-order valence-corrected chi connectivity index (χ3v) is 3.24. The summed E-state index contributed by atoms with van der Waals surface area (Å²) in [4.78, 5) is 11.7. The van der Waals surface area contributed by atoms with Crippen molar-refractivity contribution in [2.75, 3.05) is 7.05 Å². The molecule has 1 N–H and O–H groups in total. The molecule has 0 spiro atoms. The smallest absolute Gasteiger partial charge is 0.251 e. The number of hydrogen-bond donors (Lipinski definition) is 1. The highest BCUT2D eigenvalue weighted by atomic mass is 16.1. The van der Waals surface area contributed by atoms with Crippen molar-refractivity contribution in [1.82, 2.24) is 5.32 Å². The number of amides is 1. The molecule has 0 fully saturated rings. The molecular formula is C16H13NO. The molecule has 0 aliphatic rings. The largest absolute Gasteiger partial charge is 0.355 e. The molecule has 3 aromatic carbocycles. The number of benzene rings is 3. The first kappa shape index (κ1) is 10.8. The van der Waals surface area contributed by atoms with Gasteiger partial charge in [0.1, 0.15) is 0 Å². The van der Waals surface area contributed by atoms with Crippen LogP contribution >= 0.6 is 0 Å². The van der Waals surface area contributed by atoms with E-state index in [1.165, 1.54) is 10.8 Å². The van der Waals surface area contributed by atoms with Crippen LogP contribution in [0.3, 0.4) is 0 Å². The molecule has 2 nitrogen and oxygen atoms in total. The van der Waals surface area contributed by atoms with E-state index in [4.69, 9.17) is 0 Å². The van der Waals surface area contributed by atoms with E-state index in [0.717, 1.165) is 10.8 Å². The minimum atomic E-state index is -0.0511. The van der Waals surface area contributed by atoms with Crippen LogP contribution in [-0.4, -0.2) is 13.0 Å². The van der Waals surface area contributed by atoms with Gasteiger partial charge in [-0.3, -0.25) is 4.79 Å². The predicted molar refractivity (Wildman–Crippen MR) is 74.8 cm³/mol. The van der Waals surface area contributed by atoms with Gasteiger partial charge in [0.05, 0.1) is 0 Å². The average Bonchev–Trinajstić information content (AvgIpc) is 2.45. The molecule has 0 aliphatic heterocycles. The predicted octanol–water partition coefficient (Wildman–Crippen LogP) is 3.35. The van der Waals surface area contributed by atoms with Gasteiger partial charge in [-0.25, -0.2) is 0 Å². The van der Waals surface area contributed by atoms with Crippen LogP contribution in [0.15, 0.2) is 54.6 Å². The summed E-state index contributed by atoms with van der Waals surface area (Å²) in [7, 11) is 1.65. The molecule has 0 unspecified atom stereocenters. The van der Waals surface area contributed by atoms with E-state index in [2.05, 4.69) is 29.6 Å². The topological polar surface area (TPSA) is 29.1 Å². The summed E-state index contributed by atoms with van der Waals surface area (Å²) in [6.07, 6.45) is 0. The number of rotatable bonds is 1. The van der Waals surface area contributed by atoms with Gasteiger partial charge in [-0.1, -0.05) is 42.5 Å². The van der Waals surface area contributed by atoms with Crippen molar-refractivity contribution < 1.29 is 4.79 Å². The van der Waals surface area contributed by atoms with Crippen LogP contribution in [0.25, 0.3) is 21.5 Å². The van der Waals surface area contributed by atoms with Crippen molar-refractivity contribution in [1.29, 1.82) is 0 Å². The number of fused-ring (bicyclic) bond motifs is 3. The quantitative estimate of drug-likeness (QED) is 0.644. The van der Waals surface area contributed by atoms with Crippen LogP contribution in [0.4, 0.5) is 0 Å². The number of carbonyl (C=O) groups is 1. The highest BCUT2D eigenvalue weighted by molar-refractivity contribution is 6.10. The van der Waals surface area contributed by atoms with Crippen LogP contribution in [0.1, 0.15) is 10.4 Å². The van der Waals surface area contributed by atoms with Gasteiger partial charge in [-0.05, 0) is 33.7 Å². The van der Waals surface area contributed by atoms with Crippen LogP contribution < -0.4 is 5.32 Å². The van der Waals surface area contributed by atoms with E-state index in [-0.39, 0.29) is 5.91 Å². The monoisotopic (exact) mass is 235 g/mol. The summed E-state index contributed by atoms with van der Waals surface area (Å²) in [6.45, 7) is 0. The molecule has 1 amide bonds. The summed E-state index contributed by atoms with van der Waals surface area (Å²) >= 11 is 0. The van der Waals surface area contributed by atoms with Crippen molar-refractivity contribution in [3.8, 4) is 0 Å². The summed E-state index contributed by atoms with van der Waals surface area (Å²) < 4.78 is 0. The normalized spacial score (nSPS) is 10.7.